The van der Waals surface area contributed by atoms with Crippen molar-refractivity contribution < 1.29 is 9.90 Å². The van der Waals surface area contributed by atoms with Crippen molar-refractivity contribution in [1.29, 1.82) is 0 Å². The van der Waals surface area contributed by atoms with Gasteiger partial charge in [0.2, 0.25) is 0 Å². The SMILES string of the molecule is CN(c1cccnc1)c1cc(C(=O)O)ccn1. The van der Waals surface area contributed by atoms with Gasteiger partial charge in [0.15, 0.2) is 0 Å². The van der Waals surface area contributed by atoms with E-state index in [1.807, 2.05) is 19.2 Å². The van der Waals surface area contributed by atoms with E-state index in [0.717, 1.165) is 5.69 Å². The Balaban J connectivity index is 2.34. The summed E-state index contributed by atoms with van der Waals surface area (Å²) in [7, 11) is 1.81. The Morgan fingerprint density at radius 3 is 2.82 bits per heavy atom. The summed E-state index contributed by atoms with van der Waals surface area (Å²) >= 11 is 0. The average Bonchev–Trinajstić information content (AvgIpc) is 2.39. The van der Waals surface area contributed by atoms with E-state index in [-0.39, 0.29) is 5.56 Å². The van der Waals surface area contributed by atoms with Crippen molar-refractivity contribution in [3.63, 3.8) is 0 Å². The number of carboxylic acids is 1. The van der Waals surface area contributed by atoms with Crippen molar-refractivity contribution in [3.05, 3.63) is 48.4 Å². The van der Waals surface area contributed by atoms with Crippen LogP contribution in [0.1, 0.15) is 10.4 Å². The number of anilines is 2. The van der Waals surface area contributed by atoms with Gasteiger partial charge in [-0.2, -0.15) is 0 Å². The number of rotatable bonds is 3. The minimum Gasteiger partial charge on any atom is -0.478 e. The molecule has 1 N–H and O–H groups in total. The van der Waals surface area contributed by atoms with Crippen molar-refractivity contribution in [2.75, 3.05) is 11.9 Å². The van der Waals surface area contributed by atoms with E-state index in [2.05, 4.69) is 9.97 Å². The molecule has 0 spiro atoms. The Morgan fingerprint density at radius 1 is 1.35 bits per heavy atom. The van der Waals surface area contributed by atoms with Crippen LogP contribution in [0.3, 0.4) is 0 Å². The van der Waals surface area contributed by atoms with Crippen LogP contribution < -0.4 is 4.90 Å². The molecule has 86 valence electrons. The van der Waals surface area contributed by atoms with Gasteiger partial charge in [0.05, 0.1) is 17.4 Å². The molecule has 0 aliphatic heterocycles. The molecule has 0 amide bonds. The molecule has 0 atom stereocenters. The normalized spacial score (nSPS) is 9.94. The van der Waals surface area contributed by atoms with E-state index in [1.165, 1.54) is 18.3 Å². The van der Waals surface area contributed by atoms with Crippen molar-refractivity contribution in [2.45, 2.75) is 0 Å². The van der Waals surface area contributed by atoms with Crippen molar-refractivity contribution in [3.8, 4) is 0 Å². The van der Waals surface area contributed by atoms with Gasteiger partial charge in [-0.05, 0) is 24.3 Å². The smallest absolute Gasteiger partial charge is 0.335 e. The van der Waals surface area contributed by atoms with E-state index < -0.39 is 5.97 Å². The Morgan fingerprint density at radius 2 is 2.18 bits per heavy atom. The summed E-state index contributed by atoms with van der Waals surface area (Å²) in [6.45, 7) is 0. The lowest BCUT2D eigenvalue weighted by atomic mass is 10.2. The molecule has 0 aliphatic rings. The number of aromatic carboxylic acids is 1. The molecule has 2 aromatic rings. The molecule has 0 bridgehead atoms. The van der Waals surface area contributed by atoms with E-state index in [1.54, 1.807) is 17.3 Å². The summed E-state index contributed by atoms with van der Waals surface area (Å²) in [5.41, 5.74) is 1.06. The molecule has 0 aliphatic carbocycles. The first-order chi connectivity index (χ1) is 8.18. The molecule has 2 aromatic heterocycles. The third kappa shape index (κ3) is 2.39. The van der Waals surface area contributed by atoms with Crippen LogP contribution in [0.4, 0.5) is 11.5 Å². The zero-order chi connectivity index (χ0) is 12.3. The third-order valence-electron chi connectivity index (χ3n) is 2.37. The van der Waals surface area contributed by atoms with Crippen LogP contribution in [-0.2, 0) is 0 Å². The largest absolute Gasteiger partial charge is 0.478 e. The van der Waals surface area contributed by atoms with Gasteiger partial charge in [-0.25, -0.2) is 9.78 Å². The topological polar surface area (TPSA) is 66.3 Å². The van der Waals surface area contributed by atoms with Crippen molar-refractivity contribution in [2.24, 2.45) is 0 Å². The average molecular weight is 229 g/mol. The molecule has 0 saturated carbocycles. The lowest BCUT2D eigenvalue weighted by Gasteiger charge is -2.17. The molecule has 5 heteroatoms. The number of carbonyl (C=O) groups is 1. The fourth-order valence-corrected chi connectivity index (χ4v) is 1.42. The van der Waals surface area contributed by atoms with Gasteiger partial charge in [0, 0.05) is 19.4 Å². The number of pyridine rings is 2. The first kappa shape index (κ1) is 11.1. The van der Waals surface area contributed by atoms with E-state index in [4.69, 9.17) is 5.11 Å². The van der Waals surface area contributed by atoms with Crippen molar-refractivity contribution >= 4 is 17.5 Å². The fourth-order valence-electron chi connectivity index (χ4n) is 1.42. The Hall–Kier alpha value is -2.43. The van der Waals surface area contributed by atoms with E-state index in [0.29, 0.717) is 5.82 Å². The molecule has 0 aromatic carbocycles. The van der Waals surface area contributed by atoms with Crippen LogP contribution in [0.2, 0.25) is 0 Å². The maximum atomic E-state index is 10.9. The van der Waals surface area contributed by atoms with Crippen LogP contribution in [0, 0.1) is 0 Å². The third-order valence-corrected chi connectivity index (χ3v) is 2.37. The lowest BCUT2D eigenvalue weighted by Crippen LogP contribution is -2.12. The van der Waals surface area contributed by atoms with E-state index in [9.17, 15) is 4.79 Å². The highest BCUT2D eigenvalue weighted by molar-refractivity contribution is 5.88. The second-order valence-corrected chi connectivity index (χ2v) is 3.48. The van der Waals surface area contributed by atoms with Crippen LogP contribution >= 0.6 is 0 Å². The van der Waals surface area contributed by atoms with Gasteiger partial charge in [-0.1, -0.05) is 0 Å². The Bertz CT molecular complexity index is 528. The van der Waals surface area contributed by atoms with Crippen molar-refractivity contribution in [1.82, 2.24) is 9.97 Å². The fraction of sp³-hybridized carbons (Fsp3) is 0.0833. The number of hydrogen-bond acceptors (Lipinski definition) is 4. The maximum absolute atomic E-state index is 10.9. The molecule has 17 heavy (non-hydrogen) atoms. The minimum atomic E-state index is -0.965. The monoisotopic (exact) mass is 229 g/mol. The standard InChI is InChI=1S/C12H11N3O2/c1-15(10-3-2-5-13-8-10)11-7-9(12(16)17)4-6-14-11/h2-8H,1H3,(H,16,17). The van der Waals surface area contributed by atoms with Gasteiger partial charge in [0.1, 0.15) is 5.82 Å². The summed E-state index contributed by atoms with van der Waals surface area (Å²) in [6, 6.07) is 6.67. The first-order valence-electron chi connectivity index (χ1n) is 5.01. The minimum absolute atomic E-state index is 0.214. The number of nitrogens with zero attached hydrogens (tertiary/aromatic N) is 3. The molecule has 2 rings (SSSR count). The summed E-state index contributed by atoms with van der Waals surface area (Å²) in [4.78, 5) is 20.8. The second-order valence-electron chi connectivity index (χ2n) is 3.48. The molecule has 0 unspecified atom stereocenters. The molecule has 2 heterocycles. The van der Waals surface area contributed by atoms with Gasteiger partial charge >= 0.3 is 5.97 Å². The molecule has 0 saturated heterocycles. The highest BCUT2D eigenvalue weighted by Gasteiger charge is 2.08. The van der Waals surface area contributed by atoms with Gasteiger partial charge in [0.25, 0.3) is 0 Å². The summed E-state index contributed by atoms with van der Waals surface area (Å²) in [6.07, 6.45) is 4.85. The van der Waals surface area contributed by atoms with Crippen LogP contribution in [0.25, 0.3) is 0 Å². The molecule has 0 radical (unpaired) electrons. The van der Waals surface area contributed by atoms with Gasteiger partial charge in [-0.3, -0.25) is 4.98 Å². The highest BCUT2D eigenvalue weighted by atomic mass is 16.4. The second kappa shape index (κ2) is 4.61. The number of carboxylic acid groups (broad SMARTS) is 1. The molecule has 0 fully saturated rings. The number of aromatic nitrogens is 2. The molecule has 5 nitrogen and oxygen atoms in total. The Labute approximate surface area is 98.4 Å². The van der Waals surface area contributed by atoms with E-state index >= 15 is 0 Å². The van der Waals surface area contributed by atoms with Crippen LogP contribution in [0.15, 0.2) is 42.9 Å². The predicted octanol–water partition coefficient (Wildman–Crippen LogP) is 1.94. The maximum Gasteiger partial charge on any atom is 0.335 e. The predicted molar refractivity (Wildman–Crippen MR) is 63.5 cm³/mol. The number of hydrogen-bond donors (Lipinski definition) is 1. The highest BCUT2D eigenvalue weighted by Crippen LogP contribution is 2.20. The zero-order valence-electron chi connectivity index (χ0n) is 9.24. The zero-order valence-corrected chi connectivity index (χ0v) is 9.24. The van der Waals surface area contributed by atoms with Crippen LogP contribution in [0.5, 0.6) is 0 Å². The molecular weight excluding hydrogens is 218 g/mol. The quantitative estimate of drug-likeness (QED) is 0.871. The lowest BCUT2D eigenvalue weighted by molar-refractivity contribution is 0.0697. The van der Waals surface area contributed by atoms with Gasteiger partial charge < -0.3 is 10.0 Å². The first-order valence-corrected chi connectivity index (χ1v) is 5.01. The summed E-state index contributed by atoms with van der Waals surface area (Å²) < 4.78 is 0. The Kier molecular flexibility index (Phi) is 3.00. The summed E-state index contributed by atoms with van der Waals surface area (Å²) in [5.74, 6) is -0.397. The van der Waals surface area contributed by atoms with Gasteiger partial charge in [-0.15, -0.1) is 0 Å². The summed E-state index contributed by atoms with van der Waals surface area (Å²) in [5, 5.41) is 8.90. The van der Waals surface area contributed by atoms with Crippen LogP contribution in [-0.4, -0.2) is 28.1 Å². The molecular formula is C12H11N3O2.